The second kappa shape index (κ2) is 9.10. The van der Waals surface area contributed by atoms with Crippen LogP contribution in [0.1, 0.15) is 26.7 Å². The van der Waals surface area contributed by atoms with E-state index in [0.29, 0.717) is 18.4 Å². The summed E-state index contributed by atoms with van der Waals surface area (Å²) in [6, 6.07) is 0. The van der Waals surface area contributed by atoms with Crippen molar-refractivity contribution in [1.29, 1.82) is 0 Å². The number of aliphatic hydroxyl groups excluding tert-OH is 1. The fraction of sp³-hybridized carbons (Fsp3) is 0.538. The lowest BCUT2D eigenvalue weighted by molar-refractivity contribution is -0.153. The molecule has 21 heavy (non-hydrogen) atoms. The molecule has 0 heterocycles. The second-order valence-corrected chi connectivity index (χ2v) is 4.34. The molecule has 0 aromatic heterocycles. The fourth-order valence-corrected chi connectivity index (χ4v) is 1.32. The van der Waals surface area contributed by atoms with E-state index in [9.17, 15) is 18.0 Å². The predicted octanol–water partition coefficient (Wildman–Crippen LogP) is 2.43. The van der Waals surface area contributed by atoms with Crippen LogP contribution in [0.2, 0.25) is 0 Å². The highest BCUT2D eigenvalue weighted by Crippen LogP contribution is 2.17. The van der Waals surface area contributed by atoms with Gasteiger partial charge < -0.3 is 15.4 Å². The van der Waals surface area contributed by atoms with Crippen LogP contribution in [0.25, 0.3) is 5.53 Å². The van der Waals surface area contributed by atoms with Crippen LogP contribution >= 0.6 is 0 Å². The first-order valence-corrected chi connectivity index (χ1v) is 6.10. The zero-order valence-electron chi connectivity index (χ0n) is 11.8. The molecule has 0 aromatic carbocycles. The maximum absolute atomic E-state index is 12.2. The summed E-state index contributed by atoms with van der Waals surface area (Å²) >= 11 is 0. The number of hydrogen-bond acceptors (Lipinski definition) is 3. The molecule has 0 aromatic rings. The number of allylic oxidation sites excluding steroid dienone is 2. The molecule has 0 saturated carbocycles. The van der Waals surface area contributed by atoms with Gasteiger partial charge in [0.15, 0.2) is 0 Å². The van der Waals surface area contributed by atoms with Crippen molar-refractivity contribution in [3.63, 3.8) is 0 Å². The van der Waals surface area contributed by atoms with Crippen molar-refractivity contribution in [3.05, 3.63) is 28.8 Å². The molecule has 0 radical (unpaired) electrons. The van der Waals surface area contributed by atoms with Crippen LogP contribution in [0.3, 0.4) is 0 Å². The highest BCUT2D eigenvalue weighted by molar-refractivity contribution is 6.36. The first-order chi connectivity index (χ1) is 9.72. The molecule has 0 saturated heterocycles. The molecule has 0 atom stereocenters. The molecular weight excluding hydrogens is 289 g/mol. The molecule has 1 N–H and O–H groups in total. The van der Waals surface area contributed by atoms with Gasteiger partial charge in [-0.15, -0.1) is 0 Å². The quantitative estimate of drug-likeness (QED) is 0.258. The smallest absolute Gasteiger partial charge is 0.452 e. The van der Waals surface area contributed by atoms with Crippen LogP contribution < -0.4 is 0 Å². The minimum Gasteiger partial charge on any atom is -0.452 e. The number of carbonyl (C=O) groups is 1. The molecular formula is C13H17F3N2O3. The van der Waals surface area contributed by atoms with Gasteiger partial charge in [-0.2, -0.15) is 18.0 Å². The van der Waals surface area contributed by atoms with Crippen LogP contribution in [-0.4, -0.2) is 41.0 Å². The highest BCUT2D eigenvalue weighted by Gasteiger charge is 2.51. The van der Waals surface area contributed by atoms with Gasteiger partial charge in [0.05, 0.1) is 6.61 Å². The topological polar surface area (TPSA) is 82.9 Å². The van der Waals surface area contributed by atoms with Gasteiger partial charge in [0.2, 0.25) is 0 Å². The molecule has 8 heteroatoms. The first-order valence-electron chi connectivity index (χ1n) is 6.10. The molecule has 0 unspecified atom stereocenters. The molecule has 0 fully saturated rings. The van der Waals surface area contributed by atoms with Crippen molar-refractivity contribution < 1.29 is 32.6 Å². The third kappa shape index (κ3) is 8.06. The van der Waals surface area contributed by atoms with E-state index >= 15 is 0 Å². The lowest BCUT2D eigenvalue weighted by atomic mass is 10.1. The summed E-state index contributed by atoms with van der Waals surface area (Å²) in [6.07, 6.45) is -0.415. The van der Waals surface area contributed by atoms with Gasteiger partial charge in [-0.25, -0.2) is 4.79 Å². The summed E-state index contributed by atoms with van der Waals surface area (Å²) in [5, 5.41) is 8.66. The van der Waals surface area contributed by atoms with Crippen LogP contribution in [0, 0.1) is 0 Å². The summed E-state index contributed by atoms with van der Waals surface area (Å²) in [5.41, 5.74) is 7.73. The van der Waals surface area contributed by atoms with Gasteiger partial charge >= 0.3 is 17.9 Å². The Morgan fingerprint density at radius 2 is 1.90 bits per heavy atom. The summed E-state index contributed by atoms with van der Waals surface area (Å²) in [4.78, 5) is 13.0. The fourth-order valence-electron chi connectivity index (χ4n) is 1.32. The number of hydrogen-bond donors (Lipinski definition) is 1. The third-order valence-electron chi connectivity index (χ3n) is 2.46. The van der Waals surface area contributed by atoms with Gasteiger partial charge in [-0.1, -0.05) is 17.7 Å². The zero-order chi connectivity index (χ0) is 16.5. The standard InChI is InChI=1S/C13H17F3N2O3/c1-9(6-7-19)4-3-5-10(2)8-21-12(20)11(18-17)13(14,15)16/h5-6,19H,3-4,7-8H2,1-2H3/b9-6+,10-5+. The monoisotopic (exact) mass is 306 g/mol. The Morgan fingerprint density at radius 1 is 1.29 bits per heavy atom. The summed E-state index contributed by atoms with van der Waals surface area (Å²) < 4.78 is 41.1. The molecule has 0 aliphatic rings. The number of rotatable bonds is 7. The largest absolute Gasteiger partial charge is 0.503 e. The molecule has 118 valence electrons. The predicted molar refractivity (Wildman–Crippen MR) is 69.5 cm³/mol. The molecule has 0 aliphatic heterocycles. The molecule has 0 rings (SSSR count). The highest BCUT2D eigenvalue weighted by atomic mass is 19.4. The Hall–Kier alpha value is -1.92. The third-order valence-corrected chi connectivity index (χ3v) is 2.46. The number of ether oxygens (including phenoxy) is 1. The SMILES string of the molecule is C/C(=C\CO)CC/C=C(\C)COC(=O)C(=[N+]=[N-])C(F)(F)F. The van der Waals surface area contributed by atoms with E-state index in [1.807, 2.05) is 11.7 Å². The summed E-state index contributed by atoms with van der Waals surface area (Å²) in [7, 11) is 0. The number of carbonyl (C=O) groups excluding carboxylic acids is 1. The maximum Gasteiger partial charge on any atom is 0.503 e. The molecule has 0 bridgehead atoms. The van der Waals surface area contributed by atoms with Gasteiger partial charge in [0.25, 0.3) is 0 Å². The van der Waals surface area contributed by atoms with Crippen molar-refractivity contribution in [1.82, 2.24) is 0 Å². The average molecular weight is 306 g/mol. The maximum atomic E-state index is 12.2. The zero-order valence-corrected chi connectivity index (χ0v) is 11.8. The normalized spacial score (nSPS) is 12.9. The minimum absolute atomic E-state index is 0.0488. The summed E-state index contributed by atoms with van der Waals surface area (Å²) in [5.74, 6) is -1.73. The molecule has 0 aliphatic carbocycles. The van der Waals surface area contributed by atoms with Crippen molar-refractivity contribution in [2.24, 2.45) is 0 Å². The van der Waals surface area contributed by atoms with E-state index in [1.165, 1.54) is 0 Å². The average Bonchev–Trinajstić information content (AvgIpc) is 2.35. The molecule has 0 spiro atoms. The van der Waals surface area contributed by atoms with Crippen molar-refractivity contribution >= 4 is 11.7 Å². The number of halogens is 3. The number of aliphatic hydroxyl groups is 1. The Labute approximate surface area is 120 Å². The van der Waals surface area contributed by atoms with E-state index in [1.54, 1.807) is 19.1 Å². The van der Waals surface area contributed by atoms with Crippen molar-refractivity contribution in [2.75, 3.05) is 13.2 Å². The van der Waals surface area contributed by atoms with Crippen LogP contribution in [0.15, 0.2) is 23.3 Å². The van der Waals surface area contributed by atoms with Crippen LogP contribution in [0.5, 0.6) is 0 Å². The lowest BCUT2D eigenvalue weighted by Crippen LogP contribution is -2.33. The van der Waals surface area contributed by atoms with Crippen molar-refractivity contribution in [3.8, 4) is 0 Å². The molecule has 5 nitrogen and oxygen atoms in total. The van der Waals surface area contributed by atoms with Gasteiger partial charge in [-0.3, -0.25) is 0 Å². The van der Waals surface area contributed by atoms with Crippen molar-refractivity contribution in [2.45, 2.75) is 32.9 Å². The van der Waals surface area contributed by atoms with E-state index in [4.69, 9.17) is 10.6 Å². The lowest BCUT2D eigenvalue weighted by Gasteiger charge is -2.04. The van der Waals surface area contributed by atoms with Crippen LogP contribution in [0.4, 0.5) is 13.2 Å². The Kier molecular flexibility index (Phi) is 8.26. The van der Waals surface area contributed by atoms with E-state index in [0.717, 1.165) is 5.57 Å². The van der Waals surface area contributed by atoms with Gasteiger partial charge in [-0.05, 0) is 32.3 Å². The van der Waals surface area contributed by atoms with E-state index < -0.39 is 17.9 Å². The number of esters is 1. The van der Waals surface area contributed by atoms with E-state index in [-0.39, 0.29) is 13.2 Å². The summed E-state index contributed by atoms with van der Waals surface area (Å²) in [6.45, 7) is 3.07. The molecule has 0 amide bonds. The van der Waals surface area contributed by atoms with Gasteiger partial charge in [0, 0.05) is 0 Å². The van der Waals surface area contributed by atoms with Crippen LogP contribution in [-0.2, 0) is 9.53 Å². The Bertz CT molecular complexity index is 476. The number of alkyl halides is 3. The Morgan fingerprint density at radius 3 is 2.38 bits per heavy atom. The Balaban J connectivity index is 4.37. The van der Waals surface area contributed by atoms with Gasteiger partial charge in [0.1, 0.15) is 6.61 Å². The minimum atomic E-state index is -5.06. The second-order valence-electron chi connectivity index (χ2n) is 4.34. The number of nitrogens with zero attached hydrogens (tertiary/aromatic N) is 2. The van der Waals surface area contributed by atoms with E-state index in [2.05, 4.69) is 4.74 Å². The first kappa shape index (κ1) is 19.1.